The zero-order valence-electron chi connectivity index (χ0n) is 7.88. The second-order valence-corrected chi connectivity index (χ2v) is 4.30. The third-order valence-electron chi connectivity index (χ3n) is 1.59. The van der Waals surface area contributed by atoms with E-state index in [1.54, 1.807) is 0 Å². The van der Waals surface area contributed by atoms with Crippen molar-refractivity contribution in [3.8, 4) is 5.75 Å². The van der Waals surface area contributed by atoms with Gasteiger partial charge in [0.15, 0.2) is 0 Å². The molecule has 0 fully saturated rings. The van der Waals surface area contributed by atoms with Gasteiger partial charge in [-0.3, -0.25) is 0 Å². The van der Waals surface area contributed by atoms with E-state index >= 15 is 0 Å². The van der Waals surface area contributed by atoms with E-state index in [1.165, 1.54) is 0 Å². The molecule has 0 spiro atoms. The molecule has 1 rings (SSSR count). The molecule has 0 aliphatic rings. The van der Waals surface area contributed by atoms with Gasteiger partial charge in [0.1, 0.15) is 5.75 Å². The maximum absolute atomic E-state index is 5.60. The van der Waals surface area contributed by atoms with Crippen molar-refractivity contribution in [2.24, 2.45) is 5.73 Å². The van der Waals surface area contributed by atoms with Crippen LogP contribution in [0.3, 0.4) is 0 Å². The number of hydrogen-bond donors (Lipinski definition) is 1. The maximum atomic E-state index is 5.60. The Hall–Kier alpha value is -0.290. The summed E-state index contributed by atoms with van der Waals surface area (Å²) in [5, 5.41) is 0. The Morgan fingerprint density at radius 1 is 1.46 bits per heavy atom. The van der Waals surface area contributed by atoms with Crippen LogP contribution >= 0.6 is 22.6 Å². The van der Waals surface area contributed by atoms with Crippen LogP contribution in [0.5, 0.6) is 5.75 Å². The Kier molecular flexibility index (Phi) is 3.99. The van der Waals surface area contributed by atoms with Crippen molar-refractivity contribution in [2.75, 3.05) is 0 Å². The van der Waals surface area contributed by atoms with E-state index in [9.17, 15) is 0 Å². The molecule has 1 aromatic rings. The molecular weight excluding hydrogens is 277 g/mol. The normalized spacial score (nSPS) is 10.5. The minimum Gasteiger partial charge on any atom is -0.490 e. The fourth-order valence-electron chi connectivity index (χ4n) is 1.02. The van der Waals surface area contributed by atoms with E-state index in [2.05, 4.69) is 28.7 Å². The molecule has 2 N–H and O–H groups in total. The van der Waals surface area contributed by atoms with Crippen molar-refractivity contribution in [2.45, 2.75) is 26.5 Å². The van der Waals surface area contributed by atoms with E-state index in [1.807, 2.05) is 26.0 Å². The van der Waals surface area contributed by atoms with Gasteiger partial charge in [0, 0.05) is 6.54 Å². The fraction of sp³-hybridized carbons (Fsp3) is 0.400. The summed E-state index contributed by atoms with van der Waals surface area (Å²) in [4.78, 5) is 0. The summed E-state index contributed by atoms with van der Waals surface area (Å²) in [5.41, 5.74) is 6.67. The lowest BCUT2D eigenvalue weighted by molar-refractivity contribution is 0.240. The molecule has 2 nitrogen and oxygen atoms in total. The third kappa shape index (κ3) is 3.15. The van der Waals surface area contributed by atoms with E-state index in [0.717, 1.165) is 14.9 Å². The zero-order valence-corrected chi connectivity index (χ0v) is 10.0. The van der Waals surface area contributed by atoms with Crippen molar-refractivity contribution in [1.29, 1.82) is 0 Å². The molecule has 0 saturated carbocycles. The smallest absolute Gasteiger partial charge is 0.133 e. The number of nitrogens with two attached hydrogens (primary N) is 1. The minimum atomic E-state index is 0.220. The van der Waals surface area contributed by atoms with E-state index in [4.69, 9.17) is 10.5 Å². The monoisotopic (exact) mass is 291 g/mol. The Morgan fingerprint density at radius 3 is 2.62 bits per heavy atom. The first-order valence-electron chi connectivity index (χ1n) is 4.28. The SMILES string of the molecule is CC(C)Oc1ccc(CN)cc1I. The van der Waals surface area contributed by atoms with Gasteiger partial charge in [-0.2, -0.15) is 0 Å². The number of ether oxygens (including phenoxy) is 1. The summed E-state index contributed by atoms with van der Waals surface area (Å²) in [6.45, 7) is 4.62. The van der Waals surface area contributed by atoms with Gasteiger partial charge >= 0.3 is 0 Å². The van der Waals surface area contributed by atoms with Gasteiger partial charge in [-0.05, 0) is 54.1 Å². The topological polar surface area (TPSA) is 35.2 Å². The van der Waals surface area contributed by atoms with Crippen molar-refractivity contribution < 1.29 is 4.74 Å². The van der Waals surface area contributed by atoms with Gasteiger partial charge in [-0.1, -0.05) is 6.07 Å². The van der Waals surface area contributed by atoms with Gasteiger partial charge in [0.05, 0.1) is 9.67 Å². The molecule has 3 heteroatoms. The highest BCUT2D eigenvalue weighted by Gasteiger charge is 2.03. The van der Waals surface area contributed by atoms with E-state index < -0.39 is 0 Å². The first-order chi connectivity index (χ1) is 6.13. The molecule has 0 heterocycles. The summed E-state index contributed by atoms with van der Waals surface area (Å²) < 4.78 is 6.72. The van der Waals surface area contributed by atoms with Gasteiger partial charge in [0.25, 0.3) is 0 Å². The predicted molar refractivity (Wildman–Crippen MR) is 62.8 cm³/mol. The highest BCUT2D eigenvalue weighted by molar-refractivity contribution is 14.1. The molecule has 0 radical (unpaired) electrons. The van der Waals surface area contributed by atoms with Crippen LogP contribution < -0.4 is 10.5 Å². The van der Waals surface area contributed by atoms with Crippen LogP contribution in [-0.4, -0.2) is 6.10 Å². The van der Waals surface area contributed by atoms with Crippen molar-refractivity contribution in [1.82, 2.24) is 0 Å². The summed E-state index contributed by atoms with van der Waals surface area (Å²) >= 11 is 2.26. The first-order valence-corrected chi connectivity index (χ1v) is 5.36. The highest BCUT2D eigenvalue weighted by atomic mass is 127. The molecule has 0 aliphatic heterocycles. The predicted octanol–water partition coefficient (Wildman–Crippen LogP) is 2.54. The van der Waals surface area contributed by atoms with Crippen LogP contribution in [0, 0.1) is 3.57 Å². The lowest BCUT2D eigenvalue weighted by Gasteiger charge is -2.11. The Morgan fingerprint density at radius 2 is 2.15 bits per heavy atom. The van der Waals surface area contributed by atoms with Gasteiger partial charge in [-0.15, -0.1) is 0 Å². The lowest BCUT2D eigenvalue weighted by atomic mass is 10.2. The number of benzene rings is 1. The number of rotatable bonds is 3. The molecule has 0 aliphatic carbocycles. The molecule has 13 heavy (non-hydrogen) atoms. The number of halogens is 1. The second kappa shape index (κ2) is 4.81. The summed E-state index contributed by atoms with van der Waals surface area (Å²) in [6.07, 6.45) is 0.220. The first kappa shape index (κ1) is 10.8. The molecule has 1 aromatic carbocycles. The second-order valence-electron chi connectivity index (χ2n) is 3.14. The number of hydrogen-bond acceptors (Lipinski definition) is 2. The average Bonchev–Trinajstić information content (AvgIpc) is 2.08. The van der Waals surface area contributed by atoms with E-state index in [-0.39, 0.29) is 6.10 Å². The van der Waals surface area contributed by atoms with Crippen molar-refractivity contribution in [3.05, 3.63) is 27.3 Å². The lowest BCUT2D eigenvalue weighted by Crippen LogP contribution is -2.07. The quantitative estimate of drug-likeness (QED) is 0.869. The van der Waals surface area contributed by atoms with Gasteiger partial charge in [0.2, 0.25) is 0 Å². The standard InChI is InChI=1S/C10H14INO/c1-7(2)13-10-4-3-8(6-12)5-9(10)11/h3-5,7H,6,12H2,1-2H3. The average molecular weight is 291 g/mol. The van der Waals surface area contributed by atoms with Crippen LogP contribution in [0.1, 0.15) is 19.4 Å². The minimum absolute atomic E-state index is 0.220. The maximum Gasteiger partial charge on any atom is 0.133 e. The van der Waals surface area contributed by atoms with Crippen molar-refractivity contribution in [3.63, 3.8) is 0 Å². The van der Waals surface area contributed by atoms with Crippen LogP contribution in [0.15, 0.2) is 18.2 Å². The Bertz CT molecular complexity index is 286. The Balaban J connectivity index is 2.85. The van der Waals surface area contributed by atoms with Crippen LogP contribution in [0.2, 0.25) is 0 Å². The molecule has 72 valence electrons. The molecule has 0 saturated heterocycles. The largest absolute Gasteiger partial charge is 0.490 e. The third-order valence-corrected chi connectivity index (χ3v) is 2.44. The zero-order chi connectivity index (χ0) is 9.84. The van der Waals surface area contributed by atoms with Crippen LogP contribution in [-0.2, 0) is 6.54 Å². The summed E-state index contributed by atoms with van der Waals surface area (Å²) in [7, 11) is 0. The molecular formula is C10H14INO. The van der Waals surface area contributed by atoms with E-state index in [0.29, 0.717) is 6.54 Å². The van der Waals surface area contributed by atoms with Gasteiger partial charge < -0.3 is 10.5 Å². The van der Waals surface area contributed by atoms with Crippen LogP contribution in [0.25, 0.3) is 0 Å². The van der Waals surface area contributed by atoms with Gasteiger partial charge in [-0.25, -0.2) is 0 Å². The molecule has 0 bridgehead atoms. The highest BCUT2D eigenvalue weighted by Crippen LogP contribution is 2.22. The summed E-state index contributed by atoms with van der Waals surface area (Å²) in [6, 6.07) is 6.03. The summed E-state index contributed by atoms with van der Waals surface area (Å²) in [5.74, 6) is 0.938. The molecule has 0 unspecified atom stereocenters. The van der Waals surface area contributed by atoms with Crippen molar-refractivity contribution >= 4 is 22.6 Å². The molecule has 0 amide bonds. The van der Waals surface area contributed by atoms with Crippen LogP contribution in [0.4, 0.5) is 0 Å². The Labute approximate surface area is 92.6 Å². The molecule has 0 atom stereocenters. The fourth-order valence-corrected chi connectivity index (χ4v) is 1.73. The molecule has 0 aromatic heterocycles.